The van der Waals surface area contributed by atoms with E-state index in [2.05, 4.69) is 10.4 Å². The quantitative estimate of drug-likeness (QED) is 0.145. The molecule has 2 aromatic carbocycles. The van der Waals surface area contributed by atoms with Gasteiger partial charge in [-0.2, -0.15) is 5.10 Å². The second-order valence-corrected chi connectivity index (χ2v) is 12.2. The summed E-state index contributed by atoms with van der Waals surface area (Å²) in [6.07, 6.45) is 1.68. The normalized spacial score (nSPS) is 19.3. The van der Waals surface area contributed by atoms with Gasteiger partial charge in [-0.1, -0.05) is 37.3 Å². The van der Waals surface area contributed by atoms with Crippen molar-refractivity contribution in [2.45, 2.75) is 60.9 Å². The number of fused-ring (bicyclic) bond motifs is 1. The van der Waals surface area contributed by atoms with E-state index in [9.17, 15) is 27.9 Å². The lowest BCUT2D eigenvalue weighted by molar-refractivity contribution is -0.151. The number of morpholine rings is 1. The smallest absolute Gasteiger partial charge is 0.326 e. The number of rotatable bonds is 12. The zero-order valence-electron chi connectivity index (χ0n) is 22.3. The minimum atomic E-state index is -4.38. The predicted molar refractivity (Wildman–Crippen MR) is 148 cm³/mol. The van der Waals surface area contributed by atoms with Crippen LogP contribution >= 0.6 is 0 Å². The average Bonchev–Trinajstić information content (AvgIpc) is 3.78. The Kier molecular flexibility index (Phi) is 9.25. The molecule has 1 heterocycles. The van der Waals surface area contributed by atoms with Gasteiger partial charge in [0.1, 0.15) is 12.4 Å². The number of amides is 2. The van der Waals surface area contributed by atoms with Gasteiger partial charge in [-0.3, -0.25) is 9.59 Å². The molecule has 1 saturated heterocycles. The van der Waals surface area contributed by atoms with E-state index < -0.39 is 45.3 Å². The summed E-state index contributed by atoms with van der Waals surface area (Å²) in [5.41, 5.74) is 0. The van der Waals surface area contributed by atoms with Gasteiger partial charge in [0, 0.05) is 25.7 Å². The summed E-state index contributed by atoms with van der Waals surface area (Å²) in [6.45, 7) is 3.12. The van der Waals surface area contributed by atoms with Crippen molar-refractivity contribution in [1.82, 2.24) is 15.1 Å². The number of carboxylic acid groups (broad SMARTS) is 1. The highest BCUT2D eigenvalue weighted by molar-refractivity contribution is 7.92. The predicted octanol–water partition coefficient (Wildman–Crippen LogP) is 0.945. The van der Waals surface area contributed by atoms with Crippen molar-refractivity contribution in [3.05, 3.63) is 42.5 Å². The molecule has 0 spiro atoms. The summed E-state index contributed by atoms with van der Waals surface area (Å²) in [7, 11) is -4.38. The van der Waals surface area contributed by atoms with E-state index in [-0.39, 0.29) is 30.0 Å². The summed E-state index contributed by atoms with van der Waals surface area (Å²) < 4.78 is 33.6. The zero-order chi connectivity index (χ0) is 28.9. The number of ether oxygens (including phenoxy) is 1. The van der Waals surface area contributed by atoms with Gasteiger partial charge < -0.3 is 30.8 Å². The summed E-state index contributed by atoms with van der Waals surface area (Å²) in [4.78, 5) is 41.9. The molecule has 2 amide bonds. The number of benzene rings is 2. The minimum absolute atomic E-state index is 0.0870. The van der Waals surface area contributed by atoms with Crippen LogP contribution in [0, 0.1) is 0 Å². The molecule has 2 aliphatic rings. The van der Waals surface area contributed by atoms with Crippen molar-refractivity contribution in [1.29, 1.82) is 0 Å². The van der Waals surface area contributed by atoms with Gasteiger partial charge in [0.15, 0.2) is 15.1 Å². The van der Waals surface area contributed by atoms with Gasteiger partial charge in [-0.05, 0) is 42.2 Å². The molecule has 216 valence electrons. The van der Waals surface area contributed by atoms with Gasteiger partial charge in [0.25, 0.3) is 0 Å². The molecule has 1 aliphatic carbocycles. The Morgan fingerprint density at radius 1 is 1.23 bits per heavy atom. The molecule has 2 unspecified atom stereocenters. The molecule has 0 aromatic heterocycles. The van der Waals surface area contributed by atoms with Crippen LogP contribution in [0.25, 0.3) is 10.8 Å². The number of hydrazone groups is 1. The van der Waals surface area contributed by atoms with Gasteiger partial charge in [-0.25, -0.2) is 13.2 Å². The molecule has 4 N–H and O–H groups in total. The molecular formula is C27H35N5O7S. The highest BCUT2D eigenvalue weighted by Crippen LogP contribution is 2.33. The maximum Gasteiger partial charge on any atom is 0.326 e. The second kappa shape index (κ2) is 12.6. The van der Waals surface area contributed by atoms with Gasteiger partial charge in [0.2, 0.25) is 11.8 Å². The monoisotopic (exact) mass is 573 g/mol. The van der Waals surface area contributed by atoms with E-state index >= 15 is 0 Å². The van der Waals surface area contributed by atoms with Crippen molar-refractivity contribution in [3.8, 4) is 0 Å². The first-order valence-electron chi connectivity index (χ1n) is 13.3. The standard InChI is InChI=1S/C27H35N5O7S/c1-2-23(27(35)36)32(20-8-9-20)26(34)24(14-25(33)29-15-21-16-31(17-30-28)11-12-39-21)40(37,38)22-10-7-18-5-3-4-6-19(18)13-22/h3-7,10,13,17,20-21,23-24H,2,8-9,11-12,14-16,28H2,1H3,(H,29,33)(H,35,36)/t21?,23?,24-/m0/s1. The largest absolute Gasteiger partial charge is 0.480 e. The molecule has 4 rings (SSSR count). The number of aliphatic carboxylic acids is 1. The molecule has 1 saturated carbocycles. The van der Waals surface area contributed by atoms with E-state index in [1.54, 1.807) is 25.1 Å². The SMILES string of the molecule is CCC(C(=O)O)N(C(=O)[C@H](CC(=O)NCC1CN(C=NN)CCO1)S(=O)(=O)c1ccc2ccccc2c1)C1CC1. The van der Waals surface area contributed by atoms with E-state index in [1.807, 2.05) is 17.0 Å². The lowest BCUT2D eigenvalue weighted by Gasteiger charge is -2.32. The Balaban J connectivity index is 1.61. The summed E-state index contributed by atoms with van der Waals surface area (Å²) in [6, 6.07) is 10.2. The van der Waals surface area contributed by atoms with Crippen molar-refractivity contribution >= 4 is 44.7 Å². The molecular weight excluding hydrogens is 538 g/mol. The van der Waals surface area contributed by atoms with E-state index in [1.165, 1.54) is 18.5 Å². The third-order valence-electron chi connectivity index (χ3n) is 7.20. The zero-order valence-corrected chi connectivity index (χ0v) is 23.1. The van der Waals surface area contributed by atoms with Crippen LogP contribution in [0.15, 0.2) is 52.5 Å². The number of nitrogens with one attached hydrogen (secondary N) is 1. The van der Waals surface area contributed by atoms with Crippen LogP contribution in [-0.4, -0.2) is 97.1 Å². The van der Waals surface area contributed by atoms with Crippen LogP contribution in [0.1, 0.15) is 32.6 Å². The first-order valence-corrected chi connectivity index (χ1v) is 14.8. The number of carbonyl (C=O) groups excluding carboxylic acids is 2. The molecule has 13 heteroatoms. The lowest BCUT2D eigenvalue weighted by atomic mass is 10.1. The number of hydrogen-bond acceptors (Lipinski definition) is 8. The number of nitrogens with two attached hydrogens (primary N) is 1. The van der Waals surface area contributed by atoms with Crippen LogP contribution < -0.4 is 11.2 Å². The Labute approximate surface area is 233 Å². The van der Waals surface area contributed by atoms with Crippen molar-refractivity contribution in [2.75, 3.05) is 26.2 Å². The Morgan fingerprint density at radius 2 is 1.95 bits per heavy atom. The molecule has 0 bridgehead atoms. The summed E-state index contributed by atoms with van der Waals surface area (Å²) in [5, 5.41) is 15.7. The molecule has 1 aliphatic heterocycles. The van der Waals surface area contributed by atoms with Crippen LogP contribution in [0.5, 0.6) is 0 Å². The van der Waals surface area contributed by atoms with Crippen molar-refractivity contribution < 1.29 is 32.6 Å². The van der Waals surface area contributed by atoms with E-state index in [4.69, 9.17) is 10.6 Å². The maximum atomic E-state index is 14.0. The Bertz CT molecular complexity index is 1380. The fourth-order valence-electron chi connectivity index (χ4n) is 4.97. The topological polar surface area (TPSA) is 172 Å². The van der Waals surface area contributed by atoms with Gasteiger partial charge in [-0.15, -0.1) is 0 Å². The number of sulfone groups is 1. The second-order valence-electron chi connectivity index (χ2n) is 10.0. The van der Waals surface area contributed by atoms with Crippen molar-refractivity contribution in [2.24, 2.45) is 10.9 Å². The third-order valence-corrected chi connectivity index (χ3v) is 9.23. The molecule has 0 radical (unpaired) electrons. The summed E-state index contributed by atoms with van der Waals surface area (Å²) in [5.74, 6) is 2.47. The van der Waals surface area contributed by atoms with Crippen LogP contribution in [-0.2, 0) is 29.0 Å². The third kappa shape index (κ3) is 6.70. The number of hydrogen-bond donors (Lipinski definition) is 3. The summed E-state index contributed by atoms with van der Waals surface area (Å²) >= 11 is 0. The molecule has 2 aromatic rings. The first kappa shape index (κ1) is 29.3. The molecule has 40 heavy (non-hydrogen) atoms. The van der Waals surface area contributed by atoms with Crippen LogP contribution in [0.2, 0.25) is 0 Å². The number of carbonyl (C=O) groups is 3. The Hall–Kier alpha value is -3.71. The Morgan fingerprint density at radius 3 is 2.60 bits per heavy atom. The van der Waals surface area contributed by atoms with Crippen LogP contribution in [0.4, 0.5) is 0 Å². The highest BCUT2D eigenvalue weighted by Gasteiger charge is 2.46. The highest BCUT2D eigenvalue weighted by atomic mass is 32.2. The molecule has 2 fully saturated rings. The fourth-order valence-corrected chi connectivity index (χ4v) is 6.60. The van der Waals surface area contributed by atoms with Crippen LogP contribution in [0.3, 0.4) is 0 Å². The molecule has 12 nitrogen and oxygen atoms in total. The maximum absolute atomic E-state index is 14.0. The average molecular weight is 574 g/mol. The lowest BCUT2D eigenvalue weighted by Crippen LogP contribution is -2.53. The van der Waals surface area contributed by atoms with E-state index in [0.717, 1.165) is 10.3 Å². The first-order chi connectivity index (χ1) is 19.1. The van der Waals surface area contributed by atoms with Crippen molar-refractivity contribution in [3.63, 3.8) is 0 Å². The number of carboxylic acids is 1. The van der Waals surface area contributed by atoms with Gasteiger partial charge >= 0.3 is 5.97 Å². The minimum Gasteiger partial charge on any atom is -0.480 e. The molecule has 3 atom stereocenters. The van der Waals surface area contributed by atoms with Gasteiger partial charge in [0.05, 0.1) is 24.0 Å². The number of nitrogens with zero attached hydrogens (tertiary/aromatic N) is 3. The fraction of sp³-hybridized carbons (Fsp3) is 0.481. The van der Waals surface area contributed by atoms with E-state index in [0.29, 0.717) is 37.9 Å².